The van der Waals surface area contributed by atoms with Crippen LogP contribution < -0.4 is 15.4 Å². The van der Waals surface area contributed by atoms with Crippen molar-refractivity contribution < 1.29 is 14.3 Å². The molecule has 1 heterocycles. The van der Waals surface area contributed by atoms with E-state index in [1.54, 1.807) is 23.7 Å². The second kappa shape index (κ2) is 8.35. The first-order chi connectivity index (χ1) is 13.1. The van der Waals surface area contributed by atoms with Crippen LogP contribution in [0.5, 0.6) is 5.75 Å². The van der Waals surface area contributed by atoms with E-state index in [9.17, 15) is 9.59 Å². The number of amides is 2. The molecule has 0 aliphatic rings. The largest absolute Gasteiger partial charge is 0.494 e. The van der Waals surface area contributed by atoms with E-state index in [0.717, 1.165) is 16.8 Å². The molecule has 0 saturated heterocycles. The molecule has 7 nitrogen and oxygen atoms in total. The topological polar surface area (TPSA) is 85.2 Å². The molecule has 0 aliphatic heterocycles. The van der Waals surface area contributed by atoms with Gasteiger partial charge in [0.15, 0.2) is 0 Å². The molecule has 0 spiro atoms. The second-order valence-electron chi connectivity index (χ2n) is 5.96. The number of rotatable bonds is 7. The van der Waals surface area contributed by atoms with E-state index in [1.807, 2.05) is 43.3 Å². The predicted octanol–water partition coefficient (Wildman–Crippen LogP) is 2.36. The number of fused-ring (bicyclic) bond motifs is 1. The van der Waals surface area contributed by atoms with Crippen LogP contribution >= 0.6 is 0 Å². The van der Waals surface area contributed by atoms with Crippen molar-refractivity contribution in [3.05, 3.63) is 54.4 Å². The van der Waals surface area contributed by atoms with Gasteiger partial charge in [0.2, 0.25) is 11.8 Å². The third-order valence-corrected chi connectivity index (χ3v) is 4.08. The number of carbonyl (C=O) groups excluding carboxylic acids is 2. The standard InChI is InChI=1S/C20H22N4O3/c1-3-27-15-10-8-14(9-11-15)22-20(26)13-24-17-7-5-4-6-16(17)23-18(24)12-19(25)21-2/h4-11H,3,12-13H2,1-2H3,(H,21,25)(H,22,26). The van der Waals surface area contributed by atoms with Crippen molar-refractivity contribution >= 4 is 28.5 Å². The van der Waals surface area contributed by atoms with Gasteiger partial charge in [-0.1, -0.05) is 12.1 Å². The molecule has 0 saturated carbocycles. The number of carbonyl (C=O) groups is 2. The maximum atomic E-state index is 12.6. The van der Waals surface area contributed by atoms with Gasteiger partial charge < -0.3 is 19.9 Å². The summed E-state index contributed by atoms with van der Waals surface area (Å²) in [5, 5.41) is 5.45. The molecule has 140 valence electrons. The van der Waals surface area contributed by atoms with Gasteiger partial charge in [-0.3, -0.25) is 9.59 Å². The van der Waals surface area contributed by atoms with Crippen LogP contribution in [0.15, 0.2) is 48.5 Å². The number of aromatic nitrogens is 2. The minimum absolute atomic E-state index is 0.0695. The molecule has 3 aromatic rings. The van der Waals surface area contributed by atoms with Crippen LogP contribution in [-0.2, 0) is 22.6 Å². The molecule has 2 aromatic carbocycles. The van der Waals surface area contributed by atoms with Crippen molar-refractivity contribution in [3.8, 4) is 5.75 Å². The third-order valence-electron chi connectivity index (χ3n) is 4.08. The lowest BCUT2D eigenvalue weighted by molar-refractivity contribution is -0.120. The zero-order valence-electron chi connectivity index (χ0n) is 15.4. The fourth-order valence-electron chi connectivity index (χ4n) is 2.81. The van der Waals surface area contributed by atoms with Crippen LogP contribution in [0.3, 0.4) is 0 Å². The van der Waals surface area contributed by atoms with E-state index in [0.29, 0.717) is 18.1 Å². The van der Waals surface area contributed by atoms with Gasteiger partial charge >= 0.3 is 0 Å². The molecular weight excluding hydrogens is 344 g/mol. The van der Waals surface area contributed by atoms with E-state index in [-0.39, 0.29) is 24.8 Å². The third kappa shape index (κ3) is 4.44. The maximum absolute atomic E-state index is 12.6. The highest BCUT2D eigenvalue weighted by molar-refractivity contribution is 5.92. The molecule has 0 aliphatic carbocycles. The minimum Gasteiger partial charge on any atom is -0.494 e. The molecule has 0 radical (unpaired) electrons. The van der Waals surface area contributed by atoms with Gasteiger partial charge in [-0.15, -0.1) is 0 Å². The molecular formula is C20H22N4O3. The first-order valence-electron chi connectivity index (χ1n) is 8.78. The van der Waals surface area contributed by atoms with Crippen LogP contribution in [0, 0.1) is 0 Å². The van der Waals surface area contributed by atoms with Gasteiger partial charge in [0.25, 0.3) is 0 Å². The van der Waals surface area contributed by atoms with Gasteiger partial charge in [0, 0.05) is 12.7 Å². The summed E-state index contributed by atoms with van der Waals surface area (Å²) in [6.07, 6.45) is 0.113. The average molecular weight is 366 g/mol. The normalized spacial score (nSPS) is 10.6. The minimum atomic E-state index is -0.194. The Kier molecular flexibility index (Phi) is 5.71. The molecule has 0 atom stereocenters. The summed E-state index contributed by atoms with van der Waals surface area (Å²) >= 11 is 0. The lowest BCUT2D eigenvalue weighted by Crippen LogP contribution is -2.24. The molecule has 0 fully saturated rings. The number of ether oxygens (including phenoxy) is 1. The fraction of sp³-hybridized carbons (Fsp3) is 0.250. The van der Waals surface area contributed by atoms with Crippen molar-refractivity contribution in [2.75, 3.05) is 19.0 Å². The molecule has 2 N–H and O–H groups in total. The van der Waals surface area contributed by atoms with Gasteiger partial charge in [0.1, 0.15) is 18.1 Å². The number of likely N-dealkylation sites (N-methyl/N-ethyl adjacent to an activating group) is 1. The highest BCUT2D eigenvalue weighted by Gasteiger charge is 2.16. The zero-order chi connectivity index (χ0) is 19.2. The van der Waals surface area contributed by atoms with Gasteiger partial charge in [0.05, 0.1) is 24.1 Å². The summed E-state index contributed by atoms with van der Waals surface area (Å²) in [6, 6.07) is 14.7. The average Bonchev–Trinajstić information content (AvgIpc) is 3.00. The Morgan fingerprint density at radius 3 is 2.52 bits per heavy atom. The van der Waals surface area contributed by atoms with Crippen LogP contribution in [0.1, 0.15) is 12.7 Å². The summed E-state index contributed by atoms with van der Waals surface area (Å²) in [5.41, 5.74) is 2.25. The Labute approximate surface area is 157 Å². The number of hydrogen-bond acceptors (Lipinski definition) is 4. The summed E-state index contributed by atoms with van der Waals surface area (Å²) in [7, 11) is 1.58. The Morgan fingerprint density at radius 1 is 1.07 bits per heavy atom. The fourth-order valence-corrected chi connectivity index (χ4v) is 2.81. The van der Waals surface area contributed by atoms with E-state index < -0.39 is 0 Å². The first kappa shape index (κ1) is 18.4. The molecule has 0 unspecified atom stereocenters. The highest BCUT2D eigenvalue weighted by Crippen LogP contribution is 2.18. The van der Waals surface area contributed by atoms with Crippen molar-refractivity contribution in [1.82, 2.24) is 14.9 Å². The Balaban J connectivity index is 1.79. The second-order valence-corrected chi connectivity index (χ2v) is 5.96. The molecule has 7 heteroatoms. The number of anilines is 1. The van der Waals surface area contributed by atoms with E-state index in [1.165, 1.54) is 0 Å². The number of nitrogens with one attached hydrogen (secondary N) is 2. The highest BCUT2D eigenvalue weighted by atomic mass is 16.5. The van der Waals surface area contributed by atoms with Crippen LogP contribution in [0.2, 0.25) is 0 Å². The monoisotopic (exact) mass is 366 g/mol. The number of hydrogen-bond donors (Lipinski definition) is 2. The lowest BCUT2D eigenvalue weighted by atomic mass is 10.3. The van der Waals surface area contributed by atoms with Crippen molar-refractivity contribution in [1.29, 1.82) is 0 Å². The van der Waals surface area contributed by atoms with Crippen molar-refractivity contribution in [2.45, 2.75) is 19.9 Å². The summed E-state index contributed by atoms with van der Waals surface area (Å²) in [4.78, 5) is 28.8. The molecule has 3 rings (SSSR count). The predicted molar refractivity (Wildman–Crippen MR) is 104 cm³/mol. The smallest absolute Gasteiger partial charge is 0.244 e. The quantitative estimate of drug-likeness (QED) is 0.672. The maximum Gasteiger partial charge on any atom is 0.244 e. The van der Waals surface area contributed by atoms with E-state index >= 15 is 0 Å². The summed E-state index contributed by atoms with van der Waals surface area (Å²) < 4.78 is 7.17. The van der Waals surface area contributed by atoms with Gasteiger partial charge in [-0.2, -0.15) is 0 Å². The van der Waals surface area contributed by atoms with E-state index in [4.69, 9.17) is 4.74 Å². The first-order valence-corrected chi connectivity index (χ1v) is 8.78. The number of nitrogens with zero attached hydrogens (tertiary/aromatic N) is 2. The Morgan fingerprint density at radius 2 is 1.81 bits per heavy atom. The van der Waals surface area contributed by atoms with Crippen LogP contribution in [-0.4, -0.2) is 35.0 Å². The van der Waals surface area contributed by atoms with E-state index in [2.05, 4.69) is 15.6 Å². The Bertz CT molecular complexity index is 948. The van der Waals surface area contributed by atoms with Crippen LogP contribution in [0.4, 0.5) is 5.69 Å². The van der Waals surface area contributed by atoms with Gasteiger partial charge in [-0.25, -0.2) is 4.98 Å². The molecule has 27 heavy (non-hydrogen) atoms. The number of imidazole rings is 1. The number of para-hydroxylation sites is 2. The van der Waals surface area contributed by atoms with Crippen LogP contribution in [0.25, 0.3) is 11.0 Å². The Hall–Kier alpha value is -3.35. The summed E-state index contributed by atoms with van der Waals surface area (Å²) in [5.74, 6) is 0.959. The molecule has 1 aromatic heterocycles. The van der Waals surface area contributed by atoms with Gasteiger partial charge in [-0.05, 0) is 43.3 Å². The number of benzene rings is 2. The molecule has 2 amide bonds. The van der Waals surface area contributed by atoms with Crippen molar-refractivity contribution in [2.24, 2.45) is 0 Å². The molecule has 0 bridgehead atoms. The summed E-state index contributed by atoms with van der Waals surface area (Å²) in [6.45, 7) is 2.58. The lowest BCUT2D eigenvalue weighted by Gasteiger charge is -2.10. The SMILES string of the molecule is CCOc1ccc(NC(=O)Cn2c(CC(=O)NC)nc3ccccc32)cc1. The zero-order valence-corrected chi connectivity index (χ0v) is 15.4. The van der Waals surface area contributed by atoms with Crippen molar-refractivity contribution in [3.63, 3.8) is 0 Å².